The second-order valence-electron chi connectivity index (χ2n) is 8.56. The zero-order valence-corrected chi connectivity index (χ0v) is 17.6. The van der Waals surface area contributed by atoms with Gasteiger partial charge in [-0.05, 0) is 61.3 Å². The molecule has 2 aromatic carbocycles. The summed E-state index contributed by atoms with van der Waals surface area (Å²) in [5.41, 5.74) is 1.62. The lowest BCUT2D eigenvalue weighted by Gasteiger charge is -2.26. The van der Waals surface area contributed by atoms with Crippen molar-refractivity contribution < 1.29 is 23.0 Å². The molecule has 2 aromatic rings. The van der Waals surface area contributed by atoms with E-state index in [2.05, 4.69) is 11.8 Å². The Hall–Kier alpha value is -2.29. The molecule has 164 valence electrons. The Balaban J connectivity index is 1.39. The van der Waals surface area contributed by atoms with Crippen LogP contribution in [-0.2, 0) is 4.74 Å². The fraction of sp³-hybridized carbons (Fsp3) is 0.462. The smallest absolute Gasteiger partial charge is 0.174 e. The van der Waals surface area contributed by atoms with Gasteiger partial charge in [0.05, 0.1) is 18.3 Å². The molecule has 0 radical (unpaired) electrons. The third kappa shape index (κ3) is 4.97. The van der Waals surface area contributed by atoms with Crippen LogP contribution >= 0.6 is 0 Å². The molecule has 2 unspecified atom stereocenters. The molecule has 1 aliphatic carbocycles. The number of ether oxygens (including phenoxy) is 1. The molecule has 2 aliphatic rings. The largest absolute Gasteiger partial charge is 0.388 e. The Bertz CT molecular complexity index is 996. The van der Waals surface area contributed by atoms with Crippen molar-refractivity contribution in [2.24, 2.45) is 5.92 Å². The lowest BCUT2D eigenvalue weighted by atomic mass is 9.78. The average Bonchev–Trinajstić information content (AvgIpc) is 3.61. The van der Waals surface area contributed by atoms with Crippen LogP contribution in [0.2, 0.25) is 0 Å². The quantitative estimate of drug-likeness (QED) is 0.446. The minimum absolute atomic E-state index is 0.0102. The summed E-state index contributed by atoms with van der Waals surface area (Å²) in [4.78, 5) is 0. The molecule has 0 spiro atoms. The van der Waals surface area contributed by atoms with Gasteiger partial charge < -0.3 is 9.84 Å². The van der Waals surface area contributed by atoms with Crippen molar-refractivity contribution in [3.05, 3.63) is 70.0 Å². The maximum absolute atomic E-state index is 14.5. The van der Waals surface area contributed by atoms with Crippen molar-refractivity contribution in [3.63, 3.8) is 0 Å². The van der Waals surface area contributed by atoms with Crippen molar-refractivity contribution >= 4 is 0 Å². The summed E-state index contributed by atoms with van der Waals surface area (Å²) in [5.74, 6) is 3.88. The van der Waals surface area contributed by atoms with Crippen LogP contribution in [0.3, 0.4) is 0 Å². The maximum atomic E-state index is 14.5. The molecular formula is C26H27F3O2. The molecule has 2 atom stereocenters. The Morgan fingerprint density at radius 1 is 1.06 bits per heavy atom. The molecule has 31 heavy (non-hydrogen) atoms. The van der Waals surface area contributed by atoms with E-state index in [4.69, 9.17) is 4.74 Å². The molecule has 1 N–H and O–H groups in total. The first kappa shape index (κ1) is 21.9. The summed E-state index contributed by atoms with van der Waals surface area (Å²) in [6.07, 6.45) is 3.30. The minimum Gasteiger partial charge on any atom is -0.388 e. The second-order valence-corrected chi connectivity index (χ2v) is 8.56. The highest BCUT2D eigenvalue weighted by Gasteiger charge is 2.28. The molecule has 0 amide bonds. The third-order valence-corrected chi connectivity index (χ3v) is 6.34. The van der Waals surface area contributed by atoms with Crippen LogP contribution in [0.15, 0.2) is 30.3 Å². The van der Waals surface area contributed by atoms with Gasteiger partial charge in [-0.2, -0.15) is 0 Å². The van der Waals surface area contributed by atoms with Gasteiger partial charge in [0.1, 0.15) is 11.9 Å². The number of rotatable bonds is 5. The van der Waals surface area contributed by atoms with E-state index in [0.29, 0.717) is 19.4 Å². The van der Waals surface area contributed by atoms with E-state index in [0.717, 1.165) is 36.8 Å². The van der Waals surface area contributed by atoms with Gasteiger partial charge in [-0.15, -0.1) is 0 Å². The van der Waals surface area contributed by atoms with Crippen molar-refractivity contribution in [1.29, 1.82) is 0 Å². The summed E-state index contributed by atoms with van der Waals surface area (Å²) in [6, 6.07) is 8.25. The van der Waals surface area contributed by atoms with E-state index in [1.54, 1.807) is 6.07 Å². The highest BCUT2D eigenvalue weighted by molar-refractivity contribution is 5.40. The molecule has 2 nitrogen and oxygen atoms in total. The highest BCUT2D eigenvalue weighted by atomic mass is 19.2. The second kappa shape index (κ2) is 9.46. The first-order valence-corrected chi connectivity index (χ1v) is 11.1. The Kier molecular flexibility index (Phi) is 6.69. The summed E-state index contributed by atoms with van der Waals surface area (Å²) in [5, 5.41) is 9.96. The first-order chi connectivity index (χ1) is 15.0. The number of epoxide rings is 1. The molecule has 1 heterocycles. The lowest BCUT2D eigenvalue weighted by molar-refractivity contribution is 0.160. The number of hydrogen-bond donors (Lipinski definition) is 1. The van der Waals surface area contributed by atoms with Crippen LogP contribution in [0.4, 0.5) is 13.2 Å². The van der Waals surface area contributed by atoms with Crippen LogP contribution < -0.4 is 0 Å². The van der Waals surface area contributed by atoms with E-state index < -0.39 is 17.7 Å². The summed E-state index contributed by atoms with van der Waals surface area (Å²) in [7, 11) is 0. The van der Waals surface area contributed by atoms with Gasteiger partial charge in [0.25, 0.3) is 0 Å². The molecule has 1 saturated carbocycles. The number of aliphatic hydroxyl groups excluding tert-OH is 1. The zero-order valence-electron chi connectivity index (χ0n) is 17.6. The standard InChI is InChI=1S/C26H27F3O2/c1-2-3-23(30)21-13-10-18(25(28)26(21)29)9-6-16-4-7-17(8-5-16)20-12-11-19(14-22(20)27)24-15-31-24/h10-14,16-17,23-24,30H,2-5,7-8,15H2,1H3. The van der Waals surface area contributed by atoms with Crippen molar-refractivity contribution in [3.8, 4) is 11.8 Å². The van der Waals surface area contributed by atoms with Crippen LogP contribution in [-0.4, -0.2) is 11.7 Å². The Morgan fingerprint density at radius 2 is 1.81 bits per heavy atom. The molecule has 1 saturated heterocycles. The average molecular weight is 428 g/mol. The van der Waals surface area contributed by atoms with E-state index >= 15 is 0 Å². The van der Waals surface area contributed by atoms with Gasteiger partial charge in [0, 0.05) is 11.5 Å². The van der Waals surface area contributed by atoms with Crippen molar-refractivity contribution in [2.45, 2.75) is 63.6 Å². The SMILES string of the molecule is CCCC(O)c1ccc(C#CC2CCC(c3ccc(C4CO4)cc3F)CC2)c(F)c1F. The molecule has 0 bridgehead atoms. The number of hydrogen-bond acceptors (Lipinski definition) is 2. The molecule has 0 aromatic heterocycles. The number of halogens is 3. The van der Waals surface area contributed by atoms with Gasteiger partial charge in [0.2, 0.25) is 0 Å². The monoisotopic (exact) mass is 428 g/mol. The zero-order chi connectivity index (χ0) is 22.0. The number of aliphatic hydroxyl groups is 1. The normalized spacial score (nSPS) is 23.7. The molecule has 5 heteroatoms. The fourth-order valence-electron chi connectivity index (χ4n) is 4.39. The van der Waals surface area contributed by atoms with Crippen LogP contribution in [0, 0.1) is 35.2 Å². The Morgan fingerprint density at radius 3 is 2.45 bits per heavy atom. The van der Waals surface area contributed by atoms with E-state index in [1.165, 1.54) is 12.1 Å². The van der Waals surface area contributed by atoms with Gasteiger partial charge in [-0.3, -0.25) is 0 Å². The van der Waals surface area contributed by atoms with Gasteiger partial charge in [0.15, 0.2) is 11.6 Å². The topological polar surface area (TPSA) is 32.8 Å². The predicted molar refractivity (Wildman–Crippen MR) is 113 cm³/mol. The molecule has 1 aliphatic heterocycles. The van der Waals surface area contributed by atoms with Crippen LogP contribution in [0.1, 0.15) is 85.8 Å². The van der Waals surface area contributed by atoms with Crippen LogP contribution in [0.25, 0.3) is 0 Å². The summed E-state index contributed by atoms with van der Waals surface area (Å²) in [6.45, 7) is 2.54. The van der Waals surface area contributed by atoms with E-state index in [9.17, 15) is 18.3 Å². The Labute approximate surface area is 181 Å². The predicted octanol–water partition coefficient (Wildman–Crippen LogP) is 6.33. The van der Waals surface area contributed by atoms with Gasteiger partial charge in [-0.1, -0.05) is 43.4 Å². The molecule has 2 fully saturated rings. The summed E-state index contributed by atoms with van der Waals surface area (Å²) >= 11 is 0. The minimum atomic E-state index is -1.02. The molecule has 4 rings (SSSR count). The fourth-order valence-corrected chi connectivity index (χ4v) is 4.39. The molecular weight excluding hydrogens is 401 g/mol. The van der Waals surface area contributed by atoms with E-state index in [-0.39, 0.29) is 34.9 Å². The van der Waals surface area contributed by atoms with Crippen LogP contribution in [0.5, 0.6) is 0 Å². The maximum Gasteiger partial charge on any atom is 0.174 e. The highest BCUT2D eigenvalue weighted by Crippen LogP contribution is 2.38. The van der Waals surface area contributed by atoms with E-state index in [1.807, 2.05) is 19.1 Å². The van der Waals surface area contributed by atoms with Gasteiger partial charge in [-0.25, -0.2) is 13.2 Å². The third-order valence-electron chi connectivity index (χ3n) is 6.34. The van der Waals surface area contributed by atoms with Gasteiger partial charge >= 0.3 is 0 Å². The summed E-state index contributed by atoms with van der Waals surface area (Å²) < 4.78 is 48.5. The van der Waals surface area contributed by atoms with Crippen molar-refractivity contribution in [1.82, 2.24) is 0 Å². The lowest BCUT2D eigenvalue weighted by Crippen LogP contribution is -2.13. The first-order valence-electron chi connectivity index (χ1n) is 11.1. The van der Waals surface area contributed by atoms with Crippen molar-refractivity contribution in [2.75, 3.05) is 6.61 Å². The number of benzene rings is 2.